The van der Waals surface area contributed by atoms with E-state index in [9.17, 15) is 88.2 Å². The first kappa shape index (κ1) is 74.7. The van der Waals surface area contributed by atoms with Gasteiger partial charge in [-0.05, 0) is 102 Å². The van der Waals surface area contributed by atoms with E-state index in [4.69, 9.17) is 44.5 Å². The Bertz CT molecular complexity index is 3280. The van der Waals surface area contributed by atoms with Crippen molar-refractivity contribution in [3.05, 3.63) is 119 Å². The fourth-order valence-corrected chi connectivity index (χ4v) is 5.59. The Balaban J connectivity index is 0.000000587. The van der Waals surface area contributed by atoms with Crippen molar-refractivity contribution in [2.24, 2.45) is 0 Å². The van der Waals surface area contributed by atoms with Crippen molar-refractivity contribution >= 4 is 95.7 Å². The first-order chi connectivity index (χ1) is 41.3. The normalized spacial score (nSPS) is 11.9. The highest BCUT2D eigenvalue weighted by molar-refractivity contribution is 5.90. The lowest BCUT2D eigenvalue weighted by atomic mass is 10.2. The maximum atomic E-state index is 11.6. The van der Waals surface area contributed by atoms with Crippen molar-refractivity contribution in [2.45, 2.75) is 57.0 Å². The fourth-order valence-electron chi connectivity index (χ4n) is 5.59. The van der Waals surface area contributed by atoms with Crippen molar-refractivity contribution in [1.29, 1.82) is 0 Å². The third kappa shape index (κ3) is 29.8. The molecule has 0 saturated carbocycles. The lowest BCUT2D eigenvalue weighted by Crippen LogP contribution is -2.28. The number of rotatable bonds is 24. The third-order valence-corrected chi connectivity index (χ3v) is 9.94. The van der Waals surface area contributed by atoms with Gasteiger partial charge in [0.2, 0.25) is 0 Å². The van der Waals surface area contributed by atoms with Gasteiger partial charge in [-0.3, -0.25) is 19.2 Å². The van der Waals surface area contributed by atoms with E-state index in [0.29, 0.717) is 22.3 Å². The van der Waals surface area contributed by atoms with Gasteiger partial charge in [-0.15, -0.1) is 0 Å². The Kier molecular flexibility index (Phi) is 32.7. The van der Waals surface area contributed by atoms with Gasteiger partial charge in [0.25, 0.3) is 0 Å². The number of methoxy groups -OCH3 is 4. The molecular weight excluding hydrogens is 1180 g/mol. The van der Waals surface area contributed by atoms with Crippen molar-refractivity contribution in [2.75, 3.05) is 28.4 Å². The molecular formula is C57H58O31. The van der Waals surface area contributed by atoms with Crippen LogP contribution >= 0.6 is 0 Å². The highest BCUT2D eigenvalue weighted by Crippen LogP contribution is 2.31. The van der Waals surface area contributed by atoms with Gasteiger partial charge in [0.15, 0.2) is 70.4 Å². The standard InChI is InChI=1S/C15H16O7.3C14H14O8/c1-9(16)7-12(18)15(20)22-13-8-10(3-5-11(13)17)4-6-14(19)21-2;1-21-13(19)5-3-8-2-4-11(9(15)6-8)22-14(20)10(16)7-12(17)18;1-21-12(17)5-3-8-2-4-11(9(15)6-8)22-13(18)7-10(16)14(19)20;1-21-12(17)5-3-8-2-4-9(15)11(6-8)22-13(18)7-10(16)14(19)20/h3-6,8,12,17-18H,7H2,1-2H3;2-6,10,15-16H,7H2,1H3,(H,17,18);2*2-6,10,15-16H,7H2,1H3,(H,19,20)/b6-4+;3*5-3+. The Morgan fingerprint density at radius 3 is 0.989 bits per heavy atom. The van der Waals surface area contributed by atoms with Gasteiger partial charge in [-0.25, -0.2) is 38.4 Å². The Hall–Kier alpha value is -11.3. The van der Waals surface area contributed by atoms with E-state index < -0.39 is 115 Å². The number of benzene rings is 4. The van der Waals surface area contributed by atoms with Crippen LogP contribution in [-0.2, 0) is 76.5 Å². The van der Waals surface area contributed by atoms with Gasteiger partial charge in [0, 0.05) is 30.7 Å². The van der Waals surface area contributed by atoms with Gasteiger partial charge in [0.1, 0.15) is 5.78 Å². The van der Waals surface area contributed by atoms with Crippen LogP contribution in [0.2, 0.25) is 0 Å². The second-order valence-corrected chi connectivity index (χ2v) is 16.8. The minimum absolute atomic E-state index is 0.195. The summed E-state index contributed by atoms with van der Waals surface area (Å²) in [6.45, 7) is 1.23. The molecule has 0 bridgehead atoms. The van der Waals surface area contributed by atoms with E-state index >= 15 is 0 Å². The number of carboxylic acids is 3. The van der Waals surface area contributed by atoms with E-state index in [0.717, 1.165) is 24.3 Å². The summed E-state index contributed by atoms with van der Waals surface area (Å²) in [6.07, 6.45) is 0.174. The van der Waals surface area contributed by atoms with E-state index in [1.807, 2.05) is 0 Å². The van der Waals surface area contributed by atoms with Crippen molar-refractivity contribution in [3.8, 4) is 46.0 Å². The van der Waals surface area contributed by atoms with Crippen LogP contribution in [0.3, 0.4) is 0 Å². The van der Waals surface area contributed by atoms with Crippen molar-refractivity contribution in [1.82, 2.24) is 0 Å². The molecule has 472 valence electrons. The first-order valence-electron chi connectivity index (χ1n) is 24.4. The molecule has 0 saturated heterocycles. The number of phenols is 4. The quantitative estimate of drug-likeness (QED) is 0.0206. The third-order valence-electron chi connectivity index (χ3n) is 9.94. The first-order valence-corrected chi connectivity index (χ1v) is 24.4. The number of ether oxygens (including phenoxy) is 8. The highest BCUT2D eigenvalue weighted by Gasteiger charge is 2.24. The molecule has 0 fully saturated rings. The Morgan fingerprint density at radius 2 is 0.670 bits per heavy atom. The summed E-state index contributed by atoms with van der Waals surface area (Å²) in [7, 11) is 4.88. The summed E-state index contributed by atoms with van der Waals surface area (Å²) in [5.41, 5.74) is 1.79. The van der Waals surface area contributed by atoms with Crippen LogP contribution in [0.25, 0.3) is 24.3 Å². The number of esters is 8. The van der Waals surface area contributed by atoms with E-state index in [1.165, 1.54) is 132 Å². The summed E-state index contributed by atoms with van der Waals surface area (Å²) < 4.78 is 36.7. The molecule has 88 heavy (non-hydrogen) atoms. The molecule has 31 heteroatoms. The van der Waals surface area contributed by atoms with Gasteiger partial charge < -0.3 is 94.1 Å². The number of aliphatic hydroxyl groups is 4. The topological polar surface area (TPSA) is 501 Å². The second kappa shape index (κ2) is 38.6. The minimum atomic E-state index is -1.89. The highest BCUT2D eigenvalue weighted by atomic mass is 16.6. The van der Waals surface area contributed by atoms with E-state index in [2.05, 4.69) is 18.9 Å². The molecule has 4 atom stereocenters. The maximum absolute atomic E-state index is 11.6. The van der Waals surface area contributed by atoms with Gasteiger partial charge in [-0.1, -0.05) is 24.3 Å². The van der Waals surface area contributed by atoms with Gasteiger partial charge in [0.05, 0.1) is 47.7 Å². The molecule has 4 rings (SSSR count). The molecule has 31 nitrogen and oxygen atoms in total. The number of aliphatic carboxylic acids is 3. The van der Waals surface area contributed by atoms with Crippen LogP contribution in [0.5, 0.6) is 46.0 Å². The molecule has 0 amide bonds. The molecule has 0 radical (unpaired) electrons. The average molecular weight is 1240 g/mol. The number of aromatic hydroxyl groups is 4. The van der Waals surface area contributed by atoms with Crippen LogP contribution in [0.4, 0.5) is 0 Å². The maximum Gasteiger partial charge on any atom is 0.341 e. The number of carboxylic acid groups (broad SMARTS) is 3. The Labute approximate surface area is 496 Å². The number of hydrogen-bond donors (Lipinski definition) is 11. The summed E-state index contributed by atoms with van der Waals surface area (Å²) in [4.78, 5) is 132. The largest absolute Gasteiger partial charge is 0.504 e. The van der Waals surface area contributed by atoms with Crippen molar-refractivity contribution < 1.29 is 152 Å². The van der Waals surface area contributed by atoms with Crippen LogP contribution in [-0.4, -0.2) is 180 Å². The lowest BCUT2D eigenvalue weighted by molar-refractivity contribution is -0.152. The molecule has 0 heterocycles. The molecule has 0 aliphatic rings. The van der Waals surface area contributed by atoms with Crippen LogP contribution < -0.4 is 18.9 Å². The number of carbonyl (C=O) groups excluding carboxylic acids is 9. The Morgan fingerprint density at radius 1 is 0.375 bits per heavy atom. The monoisotopic (exact) mass is 1240 g/mol. The van der Waals surface area contributed by atoms with E-state index in [1.54, 1.807) is 0 Å². The number of Topliss-reactive ketones (excluding diaryl/α,β-unsaturated/α-hetero) is 1. The van der Waals surface area contributed by atoms with E-state index in [-0.39, 0.29) is 52.5 Å². The zero-order valence-corrected chi connectivity index (χ0v) is 46.8. The van der Waals surface area contributed by atoms with Crippen molar-refractivity contribution in [3.63, 3.8) is 0 Å². The number of hydrogen-bond acceptors (Lipinski definition) is 28. The molecule has 0 aliphatic heterocycles. The second-order valence-electron chi connectivity index (χ2n) is 16.8. The van der Waals surface area contributed by atoms with Gasteiger partial charge in [-0.2, -0.15) is 0 Å². The number of phenolic OH excluding ortho intramolecular Hbond substituents is 4. The molecule has 0 aliphatic carbocycles. The smallest absolute Gasteiger partial charge is 0.341 e. The summed E-state index contributed by atoms with van der Waals surface area (Å²) >= 11 is 0. The number of aliphatic hydroxyl groups excluding tert-OH is 4. The molecule has 4 aromatic rings. The fraction of sp³-hybridized carbons (Fsp3) is 0.228. The lowest BCUT2D eigenvalue weighted by Gasteiger charge is -2.10. The molecule has 0 spiro atoms. The number of ketones is 1. The molecule has 11 N–H and O–H groups in total. The summed E-state index contributed by atoms with van der Waals surface area (Å²) in [5, 5.41) is 101. The minimum Gasteiger partial charge on any atom is -0.504 e. The predicted octanol–water partition coefficient (Wildman–Crippen LogP) is 1.78. The van der Waals surface area contributed by atoms with Crippen LogP contribution in [0, 0.1) is 0 Å². The van der Waals surface area contributed by atoms with Crippen LogP contribution in [0.1, 0.15) is 54.9 Å². The SMILES string of the molecule is COC(=O)/C=C/c1ccc(O)c(OC(=O)C(O)CC(C)=O)c1.COC(=O)/C=C/c1ccc(O)c(OC(=O)CC(O)C(=O)O)c1.COC(=O)/C=C/c1ccc(OC(=O)C(O)CC(=O)O)c(O)c1.COC(=O)/C=C/c1ccc(OC(=O)CC(O)C(=O)O)c(O)c1. The summed E-state index contributed by atoms with van der Waals surface area (Å²) in [5.74, 6) is -13.8. The zero-order valence-electron chi connectivity index (χ0n) is 46.8. The predicted molar refractivity (Wildman–Crippen MR) is 295 cm³/mol. The molecule has 0 aromatic heterocycles. The number of carbonyl (C=O) groups is 12. The van der Waals surface area contributed by atoms with Crippen LogP contribution in [0.15, 0.2) is 97.1 Å². The average Bonchev–Trinajstić information content (AvgIpc) is 3.57. The summed E-state index contributed by atoms with van der Waals surface area (Å²) in [6, 6.07) is 15.8. The molecule has 4 unspecified atom stereocenters. The molecule has 4 aromatic carbocycles. The van der Waals surface area contributed by atoms with Gasteiger partial charge >= 0.3 is 65.7 Å². The zero-order chi connectivity index (χ0) is 66.8.